The molecule has 0 saturated carbocycles. The molecule has 1 aromatic rings. The Morgan fingerprint density at radius 2 is 1.27 bits per heavy atom. The van der Waals surface area contributed by atoms with Gasteiger partial charge in [0.1, 0.15) is 5.56 Å². The molecule has 0 radical (unpaired) electrons. The van der Waals surface area contributed by atoms with Gasteiger partial charge < -0.3 is 10.2 Å². The maximum Gasteiger partial charge on any atom is 0.377 e. The van der Waals surface area contributed by atoms with Crippen molar-refractivity contribution in [3.63, 3.8) is 0 Å². The number of phenolic OH excluding ortho intramolecular Hbond substituents is 2. The van der Waals surface area contributed by atoms with Gasteiger partial charge in [-0.05, 0) is 56.6 Å². The average Bonchev–Trinajstić information content (AvgIpc) is 2.64. The summed E-state index contributed by atoms with van der Waals surface area (Å²) in [5.74, 6) is -1.31. The topological polar surface area (TPSA) is 76.0 Å². The van der Waals surface area contributed by atoms with Crippen LogP contribution in [-0.2, 0) is 29.0 Å². The molecule has 0 fully saturated rings. The molecule has 0 spiro atoms. The Balaban J connectivity index is 3.54. The second kappa shape index (κ2) is 11.8. The third-order valence-electron chi connectivity index (χ3n) is 4.57. The molecule has 0 heterocycles. The standard InChI is InChI=1S/C21H34O5/c1-5-9-12-15-16(13-10-6-2)18(21(24)26-25-8-4)20(23)19(22)17(15)14-11-7-3/h22-23H,5-14H2,1-4H3. The fourth-order valence-electron chi connectivity index (χ4n) is 3.16. The summed E-state index contributed by atoms with van der Waals surface area (Å²) < 4.78 is 0. The summed E-state index contributed by atoms with van der Waals surface area (Å²) >= 11 is 0. The average molecular weight is 366 g/mol. The van der Waals surface area contributed by atoms with E-state index in [2.05, 4.69) is 20.8 Å². The van der Waals surface area contributed by atoms with E-state index >= 15 is 0 Å². The Morgan fingerprint density at radius 3 is 1.77 bits per heavy atom. The highest BCUT2D eigenvalue weighted by atomic mass is 17.2. The van der Waals surface area contributed by atoms with Gasteiger partial charge in [0.05, 0.1) is 6.61 Å². The van der Waals surface area contributed by atoms with E-state index in [1.165, 1.54) is 0 Å². The maximum absolute atomic E-state index is 12.5. The van der Waals surface area contributed by atoms with Crippen molar-refractivity contribution in [2.24, 2.45) is 0 Å². The second-order valence-corrected chi connectivity index (χ2v) is 6.60. The summed E-state index contributed by atoms with van der Waals surface area (Å²) in [6.45, 7) is 8.22. The van der Waals surface area contributed by atoms with Gasteiger partial charge in [0.15, 0.2) is 11.5 Å². The summed E-state index contributed by atoms with van der Waals surface area (Å²) in [4.78, 5) is 22.1. The molecule has 0 aliphatic heterocycles. The second-order valence-electron chi connectivity index (χ2n) is 6.60. The number of rotatable bonds is 12. The van der Waals surface area contributed by atoms with Crippen LogP contribution in [0.2, 0.25) is 0 Å². The Bertz CT molecular complexity index is 580. The SMILES string of the molecule is CCCCc1c(O)c(O)c(C(=O)OOCC)c(CCCC)c1CCCC. The molecule has 0 aliphatic carbocycles. The molecule has 148 valence electrons. The minimum atomic E-state index is -0.745. The van der Waals surface area contributed by atoms with Crippen molar-refractivity contribution in [3.05, 3.63) is 22.3 Å². The van der Waals surface area contributed by atoms with Crippen molar-refractivity contribution in [1.29, 1.82) is 0 Å². The molecular weight excluding hydrogens is 332 g/mol. The van der Waals surface area contributed by atoms with Crippen molar-refractivity contribution in [2.75, 3.05) is 6.61 Å². The summed E-state index contributed by atoms with van der Waals surface area (Å²) in [7, 11) is 0. The lowest BCUT2D eigenvalue weighted by atomic mass is 9.86. The van der Waals surface area contributed by atoms with Crippen molar-refractivity contribution >= 4 is 5.97 Å². The predicted octanol–water partition coefficient (Wildman–Crippen LogP) is 5.23. The highest BCUT2D eigenvalue weighted by Gasteiger charge is 2.28. The Hall–Kier alpha value is -1.75. The van der Waals surface area contributed by atoms with Crippen LogP contribution in [0.1, 0.15) is 93.3 Å². The van der Waals surface area contributed by atoms with Crippen LogP contribution in [0, 0.1) is 0 Å². The van der Waals surface area contributed by atoms with Gasteiger partial charge in [-0.15, -0.1) is 0 Å². The van der Waals surface area contributed by atoms with Crippen LogP contribution in [0.25, 0.3) is 0 Å². The van der Waals surface area contributed by atoms with E-state index in [0.717, 1.165) is 61.6 Å². The molecule has 1 rings (SSSR count). The lowest BCUT2D eigenvalue weighted by Crippen LogP contribution is -2.14. The van der Waals surface area contributed by atoms with Crippen molar-refractivity contribution in [3.8, 4) is 11.5 Å². The van der Waals surface area contributed by atoms with E-state index in [1.807, 2.05) is 0 Å². The fourth-order valence-corrected chi connectivity index (χ4v) is 3.16. The zero-order valence-electron chi connectivity index (χ0n) is 16.7. The minimum Gasteiger partial charge on any atom is -0.504 e. The molecule has 0 saturated heterocycles. The van der Waals surface area contributed by atoms with Crippen LogP contribution in [0.15, 0.2) is 0 Å². The van der Waals surface area contributed by atoms with Gasteiger partial charge in [0.25, 0.3) is 0 Å². The zero-order valence-corrected chi connectivity index (χ0v) is 16.7. The highest BCUT2D eigenvalue weighted by molar-refractivity contribution is 5.95. The van der Waals surface area contributed by atoms with E-state index in [9.17, 15) is 15.0 Å². The first-order valence-corrected chi connectivity index (χ1v) is 9.95. The van der Waals surface area contributed by atoms with Crippen LogP contribution < -0.4 is 0 Å². The first-order valence-electron chi connectivity index (χ1n) is 9.95. The van der Waals surface area contributed by atoms with Gasteiger partial charge >= 0.3 is 5.97 Å². The van der Waals surface area contributed by atoms with Gasteiger partial charge in [0.2, 0.25) is 0 Å². The number of benzene rings is 1. The zero-order chi connectivity index (χ0) is 19.5. The van der Waals surface area contributed by atoms with Gasteiger partial charge in [-0.1, -0.05) is 40.0 Å². The fraction of sp³-hybridized carbons (Fsp3) is 0.667. The molecule has 1 aromatic carbocycles. The van der Waals surface area contributed by atoms with Crippen molar-refractivity contribution in [1.82, 2.24) is 0 Å². The van der Waals surface area contributed by atoms with Crippen LogP contribution >= 0.6 is 0 Å². The normalized spacial score (nSPS) is 10.9. The molecular formula is C21H34O5. The molecule has 5 heteroatoms. The third-order valence-corrected chi connectivity index (χ3v) is 4.57. The summed E-state index contributed by atoms with van der Waals surface area (Å²) in [5.41, 5.74) is 2.62. The van der Waals surface area contributed by atoms with Crippen LogP contribution in [0.3, 0.4) is 0 Å². The molecule has 0 bridgehead atoms. The Kier molecular flexibility index (Phi) is 10.1. The predicted molar refractivity (Wildman–Crippen MR) is 103 cm³/mol. The molecule has 26 heavy (non-hydrogen) atoms. The quantitative estimate of drug-likeness (QED) is 0.301. The molecule has 0 amide bonds. The van der Waals surface area contributed by atoms with Crippen LogP contribution in [0.4, 0.5) is 0 Å². The van der Waals surface area contributed by atoms with Gasteiger partial charge in [-0.25, -0.2) is 4.79 Å². The molecule has 0 aromatic heterocycles. The number of phenols is 2. The number of hydrogen-bond acceptors (Lipinski definition) is 5. The van der Waals surface area contributed by atoms with Crippen molar-refractivity contribution < 1.29 is 24.8 Å². The Labute approximate surface area is 157 Å². The largest absolute Gasteiger partial charge is 0.504 e. The first kappa shape index (κ1) is 22.3. The summed E-state index contributed by atoms with van der Waals surface area (Å²) in [6, 6.07) is 0. The molecule has 0 aliphatic rings. The van der Waals surface area contributed by atoms with Crippen molar-refractivity contribution in [2.45, 2.75) is 85.5 Å². The van der Waals surface area contributed by atoms with E-state index in [-0.39, 0.29) is 23.7 Å². The minimum absolute atomic E-state index is 0.0516. The van der Waals surface area contributed by atoms with Crippen LogP contribution in [0.5, 0.6) is 11.5 Å². The number of aromatic hydroxyl groups is 2. The van der Waals surface area contributed by atoms with Gasteiger partial charge in [-0.3, -0.25) is 4.89 Å². The van der Waals surface area contributed by atoms with E-state index in [0.29, 0.717) is 12.8 Å². The number of carbonyl (C=O) groups is 1. The van der Waals surface area contributed by atoms with E-state index in [4.69, 9.17) is 9.78 Å². The first-order chi connectivity index (χ1) is 12.5. The lowest BCUT2D eigenvalue weighted by Gasteiger charge is -2.21. The number of carbonyl (C=O) groups excluding carboxylic acids is 1. The molecule has 0 unspecified atom stereocenters. The monoisotopic (exact) mass is 366 g/mol. The third kappa shape index (κ3) is 5.63. The molecule has 5 nitrogen and oxygen atoms in total. The Morgan fingerprint density at radius 1 is 0.769 bits per heavy atom. The molecule has 0 atom stereocenters. The van der Waals surface area contributed by atoms with E-state index in [1.54, 1.807) is 6.92 Å². The van der Waals surface area contributed by atoms with Gasteiger partial charge in [0, 0.05) is 5.56 Å². The smallest absolute Gasteiger partial charge is 0.377 e. The maximum atomic E-state index is 12.5. The van der Waals surface area contributed by atoms with Gasteiger partial charge in [-0.2, -0.15) is 4.89 Å². The highest BCUT2D eigenvalue weighted by Crippen LogP contribution is 2.41. The summed E-state index contributed by atoms with van der Waals surface area (Å²) in [5, 5.41) is 21.2. The lowest BCUT2D eigenvalue weighted by molar-refractivity contribution is -0.237. The van der Waals surface area contributed by atoms with E-state index < -0.39 is 5.97 Å². The summed E-state index contributed by atoms with van der Waals surface area (Å²) in [6.07, 6.45) is 7.88. The molecule has 2 N–H and O–H groups in total. The number of unbranched alkanes of at least 4 members (excludes halogenated alkanes) is 3. The van der Waals surface area contributed by atoms with Crippen LogP contribution in [-0.4, -0.2) is 22.8 Å². The number of hydrogen-bond donors (Lipinski definition) is 2.